The number of pyridine rings is 1. The van der Waals surface area contributed by atoms with Gasteiger partial charge in [-0.25, -0.2) is 4.79 Å². The fraction of sp³-hybridized carbons (Fsp3) is 0.650. The van der Waals surface area contributed by atoms with Crippen molar-refractivity contribution in [2.24, 2.45) is 4.40 Å². The lowest BCUT2D eigenvalue weighted by molar-refractivity contribution is 0.00603. The van der Waals surface area contributed by atoms with Crippen LogP contribution in [-0.2, 0) is 16.1 Å². The smallest absolute Gasteiger partial charge is 0.410 e. The summed E-state index contributed by atoms with van der Waals surface area (Å²) in [7, 11) is 0. The molecule has 2 aliphatic rings. The standard InChI is InChI=1S/C20H29N3O4S/c1-18(2,3)27-17(24)23-11-8-20(9-12-23)16(22-28(25)19(4,5)6)14-7-10-21-13-15(14)26-20/h7,10,13H,8-9,11-12H2,1-6H3. The van der Waals surface area contributed by atoms with Crippen molar-refractivity contribution in [3.05, 3.63) is 24.0 Å². The Labute approximate surface area is 169 Å². The van der Waals surface area contributed by atoms with Crippen molar-refractivity contribution in [3.8, 4) is 5.75 Å². The third kappa shape index (κ3) is 4.27. The first kappa shape index (κ1) is 20.9. The van der Waals surface area contributed by atoms with E-state index in [0.29, 0.717) is 37.4 Å². The molecule has 8 heteroatoms. The summed E-state index contributed by atoms with van der Waals surface area (Å²) in [5.74, 6) is 0.651. The van der Waals surface area contributed by atoms with E-state index in [1.54, 1.807) is 17.3 Å². The molecule has 1 aromatic heterocycles. The molecule has 0 saturated carbocycles. The third-order valence-electron chi connectivity index (χ3n) is 4.70. The summed E-state index contributed by atoms with van der Waals surface area (Å²) < 4.78 is 28.6. The van der Waals surface area contributed by atoms with Gasteiger partial charge in [-0.3, -0.25) is 4.98 Å². The van der Waals surface area contributed by atoms with Gasteiger partial charge < -0.3 is 18.9 Å². The predicted molar refractivity (Wildman–Crippen MR) is 109 cm³/mol. The van der Waals surface area contributed by atoms with Crippen LogP contribution in [0.1, 0.15) is 59.9 Å². The molecule has 1 unspecified atom stereocenters. The largest absolute Gasteiger partial charge is 0.591 e. The van der Waals surface area contributed by atoms with Crippen molar-refractivity contribution in [2.75, 3.05) is 13.1 Å². The SMILES string of the molecule is CC(C)(C)OC(=O)N1CCC2(CC1)Oc1cnccc1C2=N[S+]([O-])C(C)(C)C. The lowest BCUT2D eigenvalue weighted by Crippen LogP contribution is -2.53. The molecule has 28 heavy (non-hydrogen) atoms. The first-order valence-electron chi connectivity index (χ1n) is 9.54. The molecular formula is C20H29N3O4S. The number of likely N-dealkylation sites (tertiary alicyclic amines) is 1. The molecular weight excluding hydrogens is 378 g/mol. The Hall–Kier alpha value is -1.80. The van der Waals surface area contributed by atoms with Gasteiger partial charge in [0.1, 0.15) is 33.2 Å². The minimum Gasteiger partial charge on any atom is -0.591 e. The van der Waals surface area contributed by atoms with Crippen molar-refractivity contribution in [1.82, 2.24) is 9.88 Å². The number of aromatic nitrogens is 1. The zero-order chi connectivity index (χ0) is 20.7. The second-order valence-corrected chi connectivity index (χ2v) is 11.1. The second-order valence-electron chi connectivity index (χ2n) is 9.24. The average molecular weight is 408 g/mol. The molecule has 1 amide bonds. The Balaban J connectivity index is 1.85. The molecule has 0 aliphatic carbocycles. The molecule has 1 aromatic rings. The molecule has 0 bridgehead atoms. The topological polar surface area (TPSA) is 87.1 Å². The maximum Gasteiger partial charge on any atom is 0.410 e. The number of carbonyl (C=O) groups is 1. The van der Waals surface area contributed by atoms with Crippen LogP contribution in [0, 0.1) is 0 Å². The van der Waals surface area contributed by atoms with Gasteiger partial charge in [-0.15, -0.1) is 0 Å². The quantitative estimate of drug-likeness (QED) is 0.665. The normalized spacial score (nSPS) is 21.4. The molecule has 1 saturated heterocycles. The van der Waals surface area contributed by atoms with Crippen LogP contribution in [-0.4, -0.2) is 55.3 Å². The van der Waals surface area contributed by atoms with Crippen LogP contribution >= 0.6 is 0 Å². The van der Waals surface area contributed by atoms with Crippen LogP contribution in [0.3, 0.4) is 0 Å². The molecule has 3 heterocycles. The Morgan fingerprint density at radius 1 is 1.29 bits per heavy atom. The molecule has 1 spiro atoms. The summed E-state index contributed by atoms with van der Waals surface area (Å²) in [4.78, 5) is 18.2. The summed E-state index contributed by atoms with van der Waals surface area (Å²) in [6, 6.07) is 1.85. The number of ether oxygens (including phenoxy) is 2. The molecule has 1 fully saturated rings. The zero-order valence-electron chi connectivity index (χ0n) is 17.4. The number of hydrogen-bond acceptors (Lipinski definition) is 6. The summed E-state index contributed by atoms with van der Waals surface area (Å²) in [5, 5.41) is 0. The van der Waals surface area contributed by atoms with Gasteiger partial charge in [-0.1, -0.05) is 4.40 Å². The van der Waals surface area contributed by atoms with Crippen molar-refractivity contribution >= 4 is 23.2 Å². The first-order chi connectivity index (χ1) is 12.9. The lowest BCUT2D eigenvalue weighted by atomic mass is 9.85. The van der Waals surface area contributed by atoms with Crippen LogP contribution in [0.25, 0.3) is 0 Å². The Kier molecular flexibility index (Phi) is 5.40. The second kappa shape index (κ2) is 7.22. The highest BCUT2D eigenvalue weighted by Gasteiger charge is 2.50. The number of hydrogen-bond donors (Lipinski definition) is 0. The average Bonchev–Trinajstić information content (AvgIpc) is 2.86. The van der Waals surface area contributed by atoms with Crippen LogP contribution in [0.4, 0.5) is 4.79 Å². The third-order valence-corrected chi connectivity index (χ3v) is 6.09. The van der Waals surface area contributed by atoms with Crippen LogP contribution in [0.2, 0.25) is 0 Å². The summed E-state index contributed by atoms with van der Waals surface area (Å²) in [6.07, 6.45) is 4.14. The van der Waals surface area contributed by atoms with Gasteiger partial charge in [0.05, 0.1) is 6.20 Å². The van der Waals surface area contributed by atoms with Gasteiger partial charge in [0.2, 0.25) is 0 Å². The van der Waals surface area contributed by atoms with Crippen molar-refractivity contribution in [2.45, 2.75) is 70.3 Å². The maximum absolute atomic E-state index is 12.8. The minimum absolute atomic E-state index is 0.323. The van der Waals surface area contributed by atoms with Crippen molar-refractivity contribution in [1.29, 1.82) is 0 Å². The number of piperidine rings is 1. The van der Waals surface area contributed by atoms with Crippen LogP contribution in [0.15, 0.2) is 22.9 Å². The molecule has 0 N–H and O–H groups in total. The number of nitrogens with zero attached hydrogens (tertiary/aromatic N) is 3. The first-order valence-corrected chi connectivity index (χ1v) is 10.6. The number of fused-ring (bicyclic) bond motifs is 1. The Morgan fingerprint density at radius 3 is 2.50 bits per heavy atom. The lowest BCUT2D eigenvalue weighted by Gasteiger charge is -2.39. The Bertz CT molecular complexity index is 774. The molecule has 154 valence electrons. The molecule has 1 atom stereocenters. The highest BCUT2D eigenvalue weighted by Crippen LogP contribution is 2.42. The van der Waals surface area contributed by atoms with Crippen molar-refractivity contribution in [3.63, 3.8) is 0 Å². The summed E-state index contributed by atoms with van der Waals surface area (Å²) in [5.41, 5.74) is 0.305. The highest BCUT2D eigenvalue weighted by molar-refractivity contribution is 7.91. The molecule has 3 rings (SSSR count). The Morgan fingerprint density at radius 2 is 1.93 bits per heavy atom. The van der Waals surface area contributed by atoms with E-state index < -0.39 is 27.3 Å². The van der Waals surface area contributed by atoms with Crippen LogP contribution in [0.5, 0.6) is 5.75 Å². The maximum atomic E-state index is 12.8. The summed E-state index contributed by atoms with van der Waals surface area (Å²) >= 11 is -1.41. The number of amides is 1. The summed E-state index contributed by atoms with van der Waals surface area (Å²) in [6.45, 7) is 12.2. The molecule has 0 aromatic carbocycles. The fourth-order valence-electron chi connectivity index (χ4n) is 3.23. The predicted octanol–water partition coefficient (Wildman–Crippen LogP) is 3.50. The van der Waals surface area contributed by atoms with E-state index >= 15 is 0 Å². The number of carbonyl (C=O) groups excluding carboxylic acids is 1. The van der Waals surface area contributed by atoms with Gasteiger partial charge in [-0.05, 0) is 47.6 Å². The minimum atomic E-state index is -1.41. The van der Waals surface area contributed by atoms with Gasteiger partial charge in [0, 0.05) is 37.7 Å². The van der Waals surface area contributed by atoms with Crippen LogP contribution < -0.4 is 4.74 Å². The van der Waals surface area contributed by atoms with E-state index in [1.165, 1.54) is 0 Å². The van der Waals surface area contributed by atoms with E-state index in [9.17, 15) is 9.35 Å². The van der Waals surface area contributed by atoms with E-state index in [0.717, 1.165) is 5.56 Å². The van der Waals surface area contributed by atoms with Gasteiger partial charge in [-0.2, -0.15) is 0 Å². The molecule has 2 aliphatic heterocycles. The van der Waals surface area contributed by atoms with E-state index in [-0.39, 0.29) is 6.09 Å². The molecule has 7 nitrogen and oxygen atoms in total. The van der Waals surface area contributed by atoms with Gasteiger partial charge in [0.25, 0.3) is 0 Å². The van der Waals surface area contributed by atoms with E-state index in [4.69, 9.17) is 9.47 Å². The molecule has 0 radical (unpaired) electrons. The fourth-order valence-corrected chi connectivity index (χ4v) is 3.93. The van der Waals surface area contributed by atoms with Crippen molar-refractivity contribution < 1.29 is 18.8 Å². The monoisotopic (exact) mass is 407 g/mol. The highest BCUT2D eigenvalue weighted by atomic mass is 32.2. The van der Waals surface area contributed by atoms with E-state index in [1.807, 2.05) is 47.6 Å². The van der Waals surface area contributed by atoms with E-state index in [2.05, 4.69) is 9.38 Å². The van der Waals surface area contributed by atoms with Gasteiger partial charge >= 0.3 is 6.09 Å². The van der Waals surface area contributed by atoms with Gasteiger partial charge in [0.15, 0.2) is 5.60 Å². The zero-order valence-corrected chi connectivity index (χ0v) is 18.3. The number of rotatable bonds is 1.